The molecule has 0 fully saturated rings. The summed E-state index contributed by atoms with van der Waals surface area (Å²) in [7, 11) is 2.98. The zero-order valence-corrected chi connectivity index (χ0v) is 11.3. The Bertz CT molecular complexity index is 387. The number of hydrogen-bond acceptors (Lipinski definition) is 4. The summed E-state index contributed by atoms with van der Waals surface area (Å²) in [5.41, 5.74) is 0. The van der Waals surface area contributed by atoms with Crippen LogP contribution in [0, 0.1) is 11.8 Å². The quantitative estimate of drug-likeness (QED) is 0.730. The maximum absolute atomic E-state index is 11.6. The van der Waals surface area contributed by atoms with E-state index in [0.29, 0.717) is 11.5 Å². The van der Waals surface area contributed by atoms with E-state index in [2.05, 4.69) is 0 Å². The molecule has 0 N–H and O–H groups in total. The molecule has 0 aliphatic heterocycles. The SMILES string of the molecule is COC(=O)C(COc1ccccc1OC)C(C)C. The van der Waals surface area contributed by atoms with Gasteiger partial charge in [-0.25, -0.2) is 0 Å². The van der Waals surface area contributed by atoms with Gasteiger partial charge in [0.25, 0.3) is 0 Å². The van der Waals surface area contributed by atoms with Gasteiger partial charge in [-0.2, -0.15) is 0 Å². The number of carbonyl (C=O) groups excluding carboxylic acids is 1. The molecular weight excluding hydrogens is 232 g/mol. The van der Waals surface area contributed by atoms with E-state index in [0.717, 1.165) is 0 Å². The molecule has 0 aromatic heterocycles. The Kier molecular flexibility index (Phi) is 5.49. The van der Waals surface area contributed by atoms with Gasteiger partial charge in [0.2, 0.25) is 0 Å². The smallest absolute Gasteiger partial charge is 0.312 e. The molecular formula is C14H20O4. The summed E-state index contributed by atoms with van der Waals surface area (Å²) in [5, 5.41) is 0. The third kappa shape index (κ3) is 3.65. The topological polar surface area (TPSA) is 44.8 Å². The minimum absolute atomic E-state index is 0.159. The molecule has 18 heavy (non-hydrogen) atoms. The molecule has 1 aromatic carbocycles. The second kappa shape index (κ2) is 6.89. The molecule has 4 heteroatoms. The first-order valence-electron chi connectivity index (χ1n) is 5.93. The van der Waals surface area contributed by atoms with Crippen molar-refractivity contribution < 1.29 is 19.0 Å². The molecule has 0 saturated carbocycles. The highest BCUT2D eigenvalue weighted by Gasteiger charge is 2.24. The van der Waals surface area contributed by atoms with E-state index in [1.54, 1.807) is 7.11 Å². The monoisotopic (exact) mass is 252 g/mol. The molecule has 100 valence electrons. The number of carbonyl (C=O) groups is 1. The predicted octanol–water partition coefficient (Wildman–Crippen LogP) is 2.52. The van der Waals surface area contributed by atoms with E-state index in [9.17, 15) is 4.79 Å². The molecule has 1 aromatic rings. The Balaban J connectivity index is 2.70. The van der Waals surface area contributed by atoms with Gasteiger partial charge < -0.3 is 14.2 Å². The fraction of sp³-hybridized carbons (Fsp3) is 0.500. The zero-order chi connectivity index (χ0) is 13.5. The van der Waals surface area contributed by atoms with Crippen molar-refractivity contribution in [2.75, 3.05) is 20.8 Å². The van der Waals surface area contributed by atoms with Crippen LogP contribution in [0.15, 0.2) is 24.3 Å². The molecule has 0 spiro atoms. The predicted molar refractivity (Wildman–Crippen MR) is 68.8 cm³/mol. The van der Waals surface area contributed by atoms with Crippen LogP contribution in [0.4, 0.5) is 0 Å². The summed E-state index contributed by atoms with van der Waals surface area (Å²) in [6.07, 6.45) is 0. The third-order valence-corrected chi connectivity index (χ3v) is 2.80. The average Bonchev–Trinajstić information content (AvgIpc) is 2.38. The van der Waals surface area contributed by atoms with Gasteiger partial charge in [-0.1, -0.05) is 26.0 Å². The number of methoxy groups -OCH3 is 2. The van der Waals surface area contributed by atoms with Crippen molar-refractivity contribution in [2.24, 2.45) is 11.8 Å². The molecule has 0 heterocycles. The largest absolute Gasteiger partial charge is 0.493 e. The lowest BCUT2D eigenvalue weighted by Gasteiger charge is -2.19. The van der Waals surface area contributed by atoms with Crippen molar-refractivity contribution >= 4 is 5.97 Å². The normalized spacial score (nSPS) is 12.1. The Morgan fingerprint density at radius 3 is 2.28 bits per heavy atom. The van der Waals surface area contributed by atoms with Gasteiger partial charge in [-0.3, -0.25) is 4.79 Å². The summed E-state index contributed by atoms with van der Waals surface area (Å²) in [5.74, 6) is 0.923. The van der Waals surface area contributed by atoms with E-state index in [-0.39, 0.29) is 24.4 Å². The number of benzene rings is 1. The first-order valence-corrected chi connectivity index (χ1v) is 5.93. The molecule has 0 bridgehead atoms. The summed E-state index contributed by atoms with van der Waals surface area (Å²) >= 11 is 0. The van der Waals surface area contributed by atoms with Crippen LogP contribution in [-0.4, -0.2) is 26.8 Å². The van der Waals surface area contributed by atoms with Crippen LogP contribution in [0.3, 0.4) is 0 Å². The van der Waals surface area contributed by atoms with E-state index in [1.165, 1.54) is 7.11 Å². The molecule has 4 nitrogen and oxygen atoms in total. The van der Waals surface area contributed by atoms with E-state index < -0.39 is 0 Å². The highest BCUT2D eigenvalue weighted by molar-refractivity contribution is 5.72. The Hall–Kier alpha value is -1.71. The highest BCUT2D eigenvalue weighted by Crippen LogP contribution is 2.27. The fourth-order valence-electron chi connectivity index (χ4n) is 1.60. The second-order valence-electron chi connectivity index (χ2n) is 4.34. The summed E-state index contributed by atoms with van der Waals surface area (Å²) in [6, 6.07) is 7.36. The van der Waals surface area contributed by atoms with Crippen LogP contribution >= 0.6 is 0 Å². The van der Waals surface area contributed by atoms with Gasteiger partial charge in [-0.05, 0) is 18.1 Å². The Labute approximate surface area is 108 Å². The lowest BCUT2D eigenvalue weighted by molar-refractivity contribution is -0.148. The van der Waals surface area contributed by atoms with E-state index >= 15 is 0 Å². The van der Waals surface area contributed by atoms with Gasteiger partial charge in [-0.15, -0.1) is 0 Å². The van der Waals surface area contributed by atoms with Gasteiger partial charge in [0.1, 0.15) is 6.61 Å². The standard InChI is InChI=1S/C14H20O4/c1-10(2)11(14(15)17-4)9-18-13-8-6-5-7-12(13)16-3/h5-8,10-11H,9H2,1-4H3. The second-order valence-corrected chi connectivity index (χ2v) is 4.34. The lowest BCUT2D eigenvalue weighted by Crippen LogP contribution is -2.27. The van der Waals surface area contributed by atoms with Crippen molar-refractivity contribution in [3.63, 3.8) is 0 Å². The van der Waals surface area contributed by atoms with Crippen molar-refractivity contribution in [2.45, 2.75) is 13.8 Å². The molecule has 0 radical (unpaired) electrons. The van der Waals surface area contributed by atoms with Crippen LogP contribution in [0.1, 0.15) is 13.8 Å². The third-order valence-electron chi connectivity index (χ3n) is 2.80. The maximum Gasteiger partial charge on any atom is 0.312 e. The van der Waals surface area contributed by atoms with Crippen LogP contribution in [0.5, 0.6) is 11.5 Å². The fourth-order valence-corrected chi connectivity index (χ4v) is 1.60. The van der Waals surface area contributed by atoms with Gasteiger partial charge in [0, 0.05) is 0 Å². The van der Waals surface area contributed by atoms with Crippen molar-refractivity contribution in [3.05, 3.63) is 24.3 Å². The average molecular weight is 252 g/mol. The van der Waals surface area contributed by atoms with Crippen molar-refractivity contribution in [1.82, 2.24) is 0 Å². The number of rotatable bonds is 6. The molecule has 0 aliphatic carbocycles. The molecule has 0 amide bonds. The number of ether oxygens (including phenoxy) is 3. The molecule has 1 rings (SSSR count). The number of esters is 1. The minimum atomic E-state index is -0.278. The van der Waals surface area contributed by atoms with E-state index in [4.69, 9.17) is 14.2 Å². The van der Waals surface area contributed by atoms with E-state index in [1.807, 2.05) is 38.1 Å². The van der Waals surface area contributed by atoms with Gasteiger partial charge >= 0.3 is 5.97 Å². The summed E-state index contributed by atoms with van der Waals surface area (Å²) in [4.78, 5) is 11.6. The van der Waals surface area contributed by atoms with Gasteiger partial charge in [0.15, 0.2) is 11.5 Å². The lowest BCUT2D eigenvalue weighted by atomic mass is 9.97. The molecule has 0 saturated heterocycles. The van der Waals surface area contributed by atoms with Crippen LogP contribution in [0.2, 0.25) is 0 Å². The minimum Gasteiger partial charge on any atom is -0.493 e. The first kappa shape index (κ1) is 14.4. The maximum atomic E-state index is 11.6. The van der Waals surface area contributed by atoms with Crippen molar-refractivity contribution in [3.8, 4) is 11.5 Å². The first-order chi connectivity index (χ1) is 8.60. The molecule has 1 unspecified atom stereocenters. The van der Waals surface area contributed by atoms with Crippen molar-refractivity contribution in [1.29, 1.82) is 0 Å². The number of hydrogen-bond donors (Lipinski definition) is 0. The summed E-state index contributed by atoms with van der Waals surface area (Å²) < 4.78 is 15.6. The Morgan fingerprint density at radius 2 is 1.78 bits per heavy atom. The molecule has 0 aliphatic rings. The Morgan fingerprint density at radius 1 is 1.17 bits per heavy atom. The van der Waals surface area contributed by atoms with Crippen LogP contribution < -0.4 is 9.47 Å². The zero-order valence-electron chi connectivity index (χ0n) is 11.3. The van der Waals surface area contributed by atoms with Crippen LogP contribution in [-0.2, 0) is 9.53 Å². The molecule has 1 atom stereocenters. The van der Waals surface area contributed by atoms with Crippen LogP contribution in [0.25, 0.3) is 0 Å². The summed E-state index contributed by atoms with van der Waals surface area (Å²) in [6.45, 7) is 4.21. The highest BCUT2D eigenvalue weighted by atomic mass is 16.5. The number of para-hydroxylation sites is 2. The van der Waals surface area contributed by atoms with Gasteiger partial charge in [0.05, 0.1) is 20.1 Å².